The number of nitrogens with zero attached hydrogens (tertiary/aromatic N) is 1. The summed E-state index contributed by atoms with van der Waals surface area (Å²) in [6.07, 6.45) is 2.40. The molecule has 1 heterocycles. The Morgan fingerprint density at radius 3 is 2.81 bits per heavy atom. The summed E-state index contributed by atoms with van der Waals surface area (Å²) in [7, 11) is 1.98. The van der Waals surface area contributed by atoms with Crippen LogP contribution >= 0.6 is 15.9 Å². The Morgan fingerprint density at radius 1 is 1.19 bits per heavy atom. The molecule has 1 N–H and O–H groups in total. The fourth-order valence-corrected chi connectivity index (χ4v) is 3.54. The van der Waals surface area contributed by atoms with E-state index in [4.69, 9.17) is 0 Å². The number of anilines is 2. The van der Waals surface area contributed by atoms with Crippen LogP contribution in [0, 0.1) is 6.92 Å². The van der Waals surface area contributed by atoms with Crippen LogP contribution in [0.1, 0.15) is 23.1 Å². The van der Waals surface area contributed by atoms with Crippen molar-refractivity contribution in [3.8, 4) is 0 Å². The molecule has 0 fully saturated rings. The molecule has 21 heavy (non-hydrogen) atoms. The minimum absolute atomic E-state index is 0.886. The number of halogens is 1. The van der Waals surface area contributed by atoms with Crippen molar-refractivity contribution in [3.05, 3.63) is 57.6 Å². The van der Waals surface area contributed by atoms with Crippen LogP contribution in [0.3, 0.4) is 0 Å². The highest BCUT2D eigenvalue weighted by Gasteiger charge is 2.18. The first-order chi connectivity index (χ1) is 10.2. The van der Waals surface area contributed by atoms with E-state index in [0.717, 1.165) is 13.1 Å². The van der Waals surface area contributed by atoms with Gasteiger partial charge in [0.05, 0.1) is 0 Å². The average Bonchev–Trinajstić information content (AvgIpc) is 2.48. The van der Waals surface area contributed by atoms with Gasteiger partial charge in [-0.3, -0.25) is 0 Å². The normalized spacial score (nSPS) is 14.1. The second-order valence-electron chi connectivity index (χ2n) is 5.69. The molecule has 0 atom stereocenters. The Bertz CT molecular complexity index is 652. The van der Waals surface area contributed by atoms with Crippen molar-refractivity contribution in [3.63, 3.8) is 0 Å². The van der Waals surface area contributed by atoms with Crippen molar-refractivity contribution < 1.29 is 0 Å². The highest BCUT2D eigenvalue weighted by molar-refractivity contribution is 9.10. The molecule has 0 radical (unpaired) electrons. The lowest BCUT2D eigenvalue weighted by Gasteiger charge is -2.32. The molecule has 2 aromatic rings. The minimum atomic E-state index is 0.886. The molecule has 2 aromatic carbocycles. The molecule has 0 spiro atoms. The molecule has 110 valence electrons. The van der Waals surface area contributed by atoms with Crippen molar-refractivity contribution in [1.29, 1.82) is 0 Å². The zero-order valence-corrected chi connectivity index (χ0v) is 14.2. The summed E-state index contributed by atoms with van der Waals surface area (Å²) >= 11 is 3.70. The van der Waals surface area contributed by atoms with E-state index in [-0.39, 0.29) is 0 Å². The van der Waals surface area contributed by atoms with Gasteiger partial charge in [-0.25, -0.2) is 0 Å². The fraction of sp³-hybridized carbons (Fsp3) is 0.333. The van der Waals surface area contributed by atoms with Gasteiger partial charge in [-0.05, 0) is 56.1 Å². The molecule has 2 nitrogen and oxygen atoms in total. The van der Waals surface area contributed by atoms with Crippen LogP contribution in [0.25, 0.3) is 0 Å². The summed E-state index contributed by atoms with van der Waals surface area (Å²) in [5.74, 6) is 0. The first-order valence-electron chi connectivity index (χ1n) is 7.49. The second kappa shape index (κ2) is 6.20. The number of hydrogen-bond acceptors (Lipinski definition) is 2. The van der Waals surface area contributed by atoms with Crippen molar-refractivity contribution >= 4 is 27.3 Å². The molecular formula is C18H21BrN2. The molecule has 0 unspecified atom stereocenters. The predicted octanol–water partition coefficient (Wildman–Crippen LogP) is 4.56. The zero-order chi connectivity index (χ0) is 14.8. The van der Waals surface area contributed by atoms with Crippen LogP contribution in [0.15, 0.2) is 40.9 Å². The minimum Gasteiger partial charge on any atom is -0.341 e. The third-order valence-electron chi connectivity index (χ3n) is 4.07. The maximum absolute atomic E-state index is 3.70. The smallest absolute Gasteiger partial charge is 0.0443 e. The van der Waals surface area contributed by atoms with E-state index >= 15 is 0 Å². The Labute approximate surface area is 135 Å². The Hall–Kier alpha value is -1.32. The third kappa shape index (κ3) is 2.99. The SMILES string of the molecule is CNCc1ccc(N2CCCc3cc(C)ccc32)cc1Br. The number of fused-ring (bicyclic) bond motifs is 1. The lowest BCUT2D eigenvalue weighted by molar-refractivity contribution is 0.765. The lowest BCUT2D eigenvalue weighted by Crippen LogP contribution is -2.24. The standard InChI is InChI=1S/C18H21BrN2/c1-13-5-8-18-14(10-13)4-3-9-21(18)16-7-6-15(12-20-2)17(19)11-16/h5-8,10-11,20H,3-4,9,12H2,1-2H3. The Kier molecular flexibility index (Phi) is 4.32. The molecule has 3 heteroatoms. The van der Waals surface area contributed by atoms with E-state index in [1.807, 2.05) is 7.05 Å². The highest BCUT2D eigenvalue weighted by atomic mass is 79.9. The number of hydrogen-bond donors (Lipinski definition) is 1. The van der Waals surface area contributed by atoms with Crippen LogP contribution in [0.2, 0.25) is 0 Å². The van der Waals surface area contributed by atoms with E-state index in [9.17, 15) is 0 Å². The summed E-state index contributed by atoms with van der Waals surface area (Å²) in [5, 5.41) is 3.20. The van der Waals surface area contributed by atoms with Crippen LogP contribution in [-0.2, 0) is 13.0 Å². The molecule has 0 aromatic heterocycles. The van der Waals surface area contributed by atoms with Crippen molar-refractivity contribution in [2.24, 2.45) is 0 Å². The fourth-order valence-electron chi connectivity index (χ4n) is 3.03. The molecule has 0 amide bonds. The third-order valence-corrected chi connectivity index (χ3v) is 4.81. The zero-order valence-electron chi connectivity index (χ0n) is 12.6. The maximum Gasteiger partial charge on any atom is 0.0443 e. The first-order valence-corrected chi connectivity index (χ1v) is 8.28. The number of aryl methyl sites for hydroxylation is 2. The van der Waals surface area contributed by atoms with Gasteiger partial charge >= 0.3 is 0 Å². The predicted molar refractivity (Wildman–Crippen MR) is 93.4 cm³/mol. The quantitative estimate of drug-likeness (QED) is 0.877. The summed E-state index contributed by atoms with van der Waals surface area (Å²) in [5.41, 5.74) is 6.74. The molecule has 0 aliphatic carbocycles. The topological polar surface area (TPSA) is 15.3 Å². The van der Waals surface area contributed by atoms with Gasteiger partial charge in [-0.1, -0.05) is 39.7 Å². The van der Waals surface area contributed by atoms with E-state index in [1.165, 1.54) is 45.4 Å². The van der Waals surface area contributed by atoms with Crippen molar-refractivity contribution in [2.45, 2.75) is 26.3 Å². The van der Waals surface area contributed by atoms with Crippen LogP contribution < -0.4 is 10.2 Å². The molecule has 0 saturated carbocycles. The summed E-state index contributed by atoms with van der Waals surface area (Å²) in [4.78, 5) is 2.44. The monoisotopic (exact) mass is 344 g/mol. The number of rotatable bonds is 3. The van der Waals surface area contributed by atoms with Gasteiger partial charge < -0.3 is 10.2 Å². The van der Waals surface area contributed by atoms with Gasteiger partial charge in [0.2, 0.25) is 0 Å². The summed E-state index contributed by atoms with van der Waals surface area (Å²) in [6, 6.07) is 13.5. The van der Waals surface area contributed by atoms with Crippen LogP contribution in [0.5, 0.6) is 0 Å². The van der Waals surface area contributed by atoms with Crippen LogP contribution in [0.4, 0.5) is 11.4 Å². The van der Waals surface area contributed by atoms with Crippen LogP contribution in [-0.4, -0.2) is 13.6 Å². The van der Waals surface area contributed by atoms with Crippen molar-refractivity contribution in [1.82, 2.24) is 5.32 Å². The number of nitrogens with one attached hydrogen (secondary N) is 1. The summed E-state index contributed by atoms with van der Waals surface area (Å²) in [6.45, 7) is 4.15. The molecule has 1 aliphatic rings. The lowest BCUT2D eigenvalue weighted by atomic mass is 9.99. The molecule has 0 saturated heterocycles. The van der Waals surface area contributed by atoms with Gasteiger partial charge in [-0.15, -0.1) is 0 Å². The molecular weight excluding hydrogens is 324 g/mol. The molecule has 3 rings (SSSR count). The van der Waals surface area contributed by atoms with Gasteiger partial charge in [-0.2, -0.15) is 0 Å². The Morgan fingerprint density at radius 2 is 2.05 bits per heavy atom. The maximum atomic E-state index is 3.70. The Balaban J connectivity index is 1.97. The second-order valence-corrected chi connectivity index (χ2v) is 6.55. The van der Waals surface area contributed by atoms with E-state index in [0.29, 0.717) is 0 Å². The van der Waals surface area contributed by atoms with Gasteiger partial charge in [0.15, 0.2) is 0 Å². The first kappa shape index (κ1) is 14.6. The van der Waals surface area contributed by atoms with E-state index in [2.05, 4.69) is 69.5 Å². The van der Waals surface area contributed by atoms with Crippen molar-refractivity contribution in [2.75, 3.05) is 18.5 Å². The van der Waals surface area contributed by atoms with Gasteiger partial charge in [0, 0.05) is 28.9 Å². The molecule has 0 bridgehead atoms. The largest absolute Gasteiger partial charge is 0.341 e. The van der Waals surface area contributed by atoms with E-state index in [1.54, 1.807) is 0 Å². The average molecular weight is 345 g/mol. The summed E-state index contributed by atoms with van der Waals surface area (Å²) < 4.78 is 1.17. The number of benzene rings is 2. The van der Waals surface area contributed by atoms with E-state index < -0.39 is 0 Å². The van der Waals surface area contributed by atoms with Gasteiger partial charge in [0.25, 0.3) is 0 Å². The molecule has 1 aliphatic heterocycles. The van der Waals surface area contributed by atoms with Gasteiger partial charge in [0.1, 0.15) is 0 Å². The highest BCUT2D eigenvalue weighted by Crippen LogP contribution is 2.35.